The minimum atomic E-state index is -1.15. The molecule has 1 saturated carbocycles. The molecule has 1 atom stereocenters. The van der Waals surface area contributed by atoms with Crippen molar-refractivity contribution in [3.8, 4) is 5.75 Å². The number of carboxylic acid groups (broad SMARTS) is 1. The van der Waals surface area contributed by atoms with Crippen LogP contribution in [0, 0.1) is 0 Å². The number of aliphatic carboxylic acids is 1. The maximum atomic E-state index is 12.6. The largest absolute Gasteiger partial charge is 0.491 e. The predicted molar refractivity (Wildman–Crippen MR) is 96.4 cm³/mol. The number of ether oxygens (including phenoxy) is 2. The Morgan fingerprint density at radius 1 is 1.12 bits per heavy atom. The number of benzene rings is 1. The average molecular weight is 361 g/mol. The highest BCUT2D eigenvalue weighted by atomic mass is 16.5. The minimum absolute atomic E-state index is 0.142. The minimum Gasteiger partial charge on any atom is -0.491 e. The van der Waals surface area contributed by atoms with Gasteiger partial charge in [-0.1, -0.05) is 25.7 Å². The quantitative estimate of drug-likeness (QED) is 0.760. The van der Waals surface area contributed by atoms with Crippen LogP contribution in [-0.4, -0.2) is 41.8 Å². The SMILES string of the molecule is O=C(NC1(C(=O)O)CCCCCC1)c1ccc(OCC2CCCO2)cc1. The molecule has 0 bridgehead atoms. The first-order valence-corrected chi connectivity index (χ1v) is 9.49. The van der Waals surface area contributed by atoms with Gasteiger partial charge in [0.25, 0.3) is 5.91 Å². The zero-order chi connectivity index (χ0) is 18.4. The predicted octanol–water partition coefficient (Wildman–Crippen LogP) is 3.15. The van der Waals surface area contributed by atoms with E-state index in [-0.39, 0.29) is 12.0 Å². The molecule has 142 valence electrons. The fourth-order valence-electron chi connectivity index (χ4n) is 3.68. The summed E-state index contributed by atoms with van der Waals surface area (Å²) in [6, 6.07) is 6.83. The highest BCUT2D eigenvalue weighted by Gasteiger charge is 2.40. The summed E-state index contributed by atoms with van der Waals surface area (Å²) in [6.07, 6.45) is 6.86. The fraction of sp³-hybridized carbons (Fsp3) is 0.600. The van der Waals surface area contributed by atoms with E-state index in [9.17, 15) is 14.7 Å². The molecule has 1 aromatic carbocycles. The van der Waals surface area contributed by atoms with E-state index >= 15 is 0 Å². The lowest BCUT2D eigenvalue weighted by atomic mass is 9.90. The molecule has 2 N–H and O–H groups in total. The molecule has 2 fully saturated rings. The van der Waals surface area contributed by atoms with E-state index in [4.69, 9.17) is 9.47 Å². The summed E-state index contributed by atoms with van der Waals surface area (Å²) in [4.78, 5) is 24.4. The van der Waals surface area contributed by atoms with Gasteiger partial charge >= 0.3 is 5.97 Å². The second-order valence-electron chi connectivity index (χ2n) is 7.23. The highest BCUT2D eigenvalue weighted by molar-refractivity contribution is 5.98. The summed E-state index contributed by atoms with van der Waals surface area (Å²) >= 11 is 0. The van der Waals surface area contributed by atoms with Crippen LogP contribution >= 0.6 is 0 Å². The number of hydrogen-bond acceptors (Lipinski definition) is 4. The van der Waals surface area contributed by atoms with Crippen LogP contribution in [0.3, 0.4) is 0 Å². The van der Waals surface area contributed by atoms with Crippen LogP contribution in [0.25, 0.3) is 0 Å². The zero-order valence-corrected chi connectivity index (χ0v) is 15.0. The Balaban J connectivity index is 1.60. The number of nitrogens with one attached hydrogen (secondary N) is 1. The van der Waals surface area contributed by atoms with Gasteiger partial charge in [-0.05, 0) is 49.9 Å². The fourth-order valence-corrected chi connectivity index (χ4v) is 3.68. The number of carboxylic acids is 1. The van der Waals surface area contributed by atoms with Crippen LogP contribution < -0.4 is 10.1 Å². The normalized spacial score (nSPS) is 22.4. The van der Waals surface area contributed by atoms with Gasteiger partial charge in [-0.25, -0.2) is 4.79 Å². The molecule has 1 unspecified atom stereocenters. The lowest BCUT2D eigenvalue weighted by Crippen LogP contribution is -2.54. The van der Waals surface area contributed by atoms with E-state index in [1.165, 1.54) is 0 Å². The van der Waals surface area contributed by atoms with E-state index in [1.54, 1.807) is 24.3 Å². The molecule has 6 nitrogen and oxygen atoms in total. The van der Waals surface area contributed by atoms with Gasteiger partial charge in [-0.3, -0.25) is 4.79 Å². The van der Waals surface area contributed by atoms with Crippen molar-refractivity contribution in [2.75, 3.05) is 13.2 Å². The van der Waals surface area contributed by atoms with Crippen molar-refractivity contribution in [3.63, 3.8) is 0 Å². The smallest absolute Gasteiger partial charge is 0.329 e. The van der Waals surface area contributed by atoms with Gasteiger partial charge in [0.15, 0.2) is 0 Å². The van der Waals surface area contributed by atoms with Crippen LogP contribution in [0.1, 0.15) is 61.7 Å². The summed E-state index contributed by atoms with van der Waals surface area (Å²) in [5.74, 6) is -0.608. The summed E-state index contributed by atoms with van der Waals surface area (Å²) in [5, 5.41) is 12.5. The lowest BCUT2D eigenvalue weighted by Gasteiger charge is -2.29. The molecular weight excluding hydrogens is 334 g/mol. The second kappa shape index (κ2) is 8.54. The Labute approximate surface area is 153 Å². The van der Waals surface area contributed by atoms with Crippen molar-refractivity contribution in [2.24, 2.45) is 0 Å². The van der Waals surface area contributed by atoms with Crippen LogP contribution in [0.4, 0.5) is 0 Å². The third kappa shape index (κ3) is 4.55. The molecule has 2 aliphatic rings. The van der Waals surface area contributed by atoms with E-state index in [0.29, 0.717) is 30.8 Å². The van der Waals surface area contributed by atoms with Crippen LogP contribution in [0.5, 0.6) is 5.75 Å². The van der Waals surface area contributed by atoms with Crippen LogP contribution in [-0.2, 0) is 9.53 Å². The first-order chi connectivity index (χ1) is 12.6. The molecule has 1 aliphatic heterocycles. The van der Waals surface area contributed by atoms with Crippen molar-refractivity contribution in [1.82, 2.24) is 5.32 Å². The standard InChI is InChI=1S/C20H27NO5/c22-18(21-20(19(23)24)11-3-1-2-4-12-20)15-7-9-16(10-8-15)26-14-17-6-5-13-25-17/h7-10,17H,1-6,11-14H2,(H,21,22)(H,23,24). The Hall–Kier alpha value is -2.08. The van der Waals surface area contributed by atoms with Crippen molar-refractivity contribution >= 4 is 11.9 Å². The van der Waals surface area contributed by atoms with Crippen molar-refractivity contribution in [2.45, 2.75) is 63.0 Å². The summed E-state index contributed by atoms with van der Waals surface area (Å²) < 4.78 is 11.2. The maximum Gasteiger partial charge on any atom is 0.329 e. The van der Waals surface area contributed by atoms with Gasteiger partial charge in [0, 0.05) is 12.2 Å². The van der Waals surface area contributed by atoms with Crippen molar-refractivity contribution in [3.05, 3.63) is 29.8 Å². The highest BCUT2D eigenvalue weighted by Crippen LogP contribution is 2.28. The van der Waals surface area contributed by atoms with Gasteiger partial charge in [0.2, 0.25) is 0 Å². The Bertz CT molecular complexity index is 614. The average Bonchev–Trinajstić information content (AvgIpc) is 3.05. The van der Waals surface area contributed by atoms with E-state index in [2.05, 4.69) is 5.32 Å². The monoisotopic (exact) mass is 361 g/mol. The molecule has 0 radical (unpaired) electrons. The van der Waals surface area contributed by atoms with Crippen molar-refractivity contribution in [1.29, 1.82) is 0 Å². The molecular formula is C20H27NO5. The van der Waals surface area contributed by atoms with Gasteiger partial charge in [0.05, 0.1) is 6.10 Å². The molecule has 3 rings (SSSR count). The van der Waals surface area contributed by atoms with Gasteiger partial charge < -0.3 is 19.9 Å². The number of carbonyl (C=O) groups excluding carboxylic acids is 1. The van der Waals surface area contributed by atoms with Crippen LogP contribution in [0.2, 0.25) is 0 Å². The summed E-state index contributed by atoms with van der Waals surface area (Å²) in [6.45, 7) is 1.30. The number of hydrogen-bond donors (Lipinski definition) is 2. The molecule has 0 spiro atoms. The van der Waals surface area contributed by atoms with Crippen LogP contribution in [0.15, 0.2) is 24.3 Å². The number of rotatable bonds is 6. The summed E-state index contributed by atoms with van der Waals surface area (Å²) in [5.41, 5.74) is -0.706. The Kier molecular flexibility index (Phi) is 6.14. The van der Waals surface area contributed by atoms with E-state index in [0.717, 1.165) is 45.1 Å². The first kappa shape index (κ1) is 18.7. The third-order valence-electron chi connectivity index (χ3n) is 5.30. The molecule has 1 aromatic rings. The molecule has 0 aromatic heterocycles. The Morgan fingerprint density at radius 3 is 2.38 bits per heavy atom. The summed E-state index contributed by atoms with van der Waals surface area (Å²) in [7, 11) is 0. The molecule has 1 aliphatic carbocycles. The van der Waals surface area contributed by atoms with Gasteiger partial charge in [-0.2, -0.15) is 0 Å². The topological polar surface area (TPSA) is 84.9 Å². The number of carbonyl (C=O) groups is 2. The maximum absolute atomic E-state index is 12.6. The molecule has 1 heterocycles. The lowest BCUT2D eigenvalue weighted by molar-refractivity contribution is -0.145. The molecule has 26 heavy (non-hydrogen) atoms. The number of amides is 1. The Morgan fingerprint density at radius 2 is 1.81 bits per heavy atom. The molecule has 1 saturated heterocycles. The van der Waals surface area contributed by atoms with E-state index < -0.39 is 11.5 Å². The van der Waals surface area contributed by atoms with Gasteiger partial charge in [-0.15, -0.1) is 0 Å². The second-order valence-corrected chi connectivity index (χ2v) is 7.23. The van der Waals surface area contributed by atoms with E-state index in [1.807, 2.05) is 0 Å². The zero-order valence-electron chi connectivity index (χ0n) is 15.0. The molecule has 1 amide bonds. The van der Waals surface area contributed by atoms with Gasteiger partial charge in [0.1, 0.15) is 17.9 Å². The first-order valence-electron chi connectivity index (χ1n) is 9.49. The van der Waals surface area contributed by atoms with Crippen molar-refractivity contribution < 1.29 is 24.2 Å². The molecule has 6 heteroatoms. The third-order valence-corrected chi connectivity index (χ3v) is 5.30.